The number of amides is 1. The van der Waals surface area contributed by atoms with Crippen molar-refractivity contribution in [3.8, 4) is 0 Å². The van der Waals surface area contributed by atoms with Crippen LogP contribution in [0.2, 0.25) is 0 Å². The number of fused-ring (bicyclic) bond motifs is 1. The first kappa shape index (κ1) is 14.8. The van der Waals surface area contributed by atoms with Crippen LogP contribution in [0.3, 0.4) is 0 Å². The molecule has 0 radical (unpaired) electrons. The smallest absolute Gasteiger partial charge is 0.225 e. The zero-order chi connectivity index (χ0) is 13.8. The summed E-state index contributed by atoms with van der Waals surface area (Å²) < 4.78 is 0. The van der Waals surface area contributed by atoms with Gasteiger partial charge >= 0.3 is 0 Å². The average Bonchev–Trinajstić information content (AvgIpc) is 2.43. The topological polar surface area (TPSA) is 46.3 Å². The predicted molar refractivity (Wildman–Crippen MR) is 78.7 cm³/mol. The van der Waals surface area contributed by atoms with Gasteiger partial charge in [0.25, 0.3) is 0 Å². The quantitative estimate of drug-likeness (QED) is 0.850. The standard InChI is InChI=1S/C16H30N2O/c1-12(17)9-10-18(2)16(19)15-8-7-13-5-3-4-6-14(13)11-15/h12-15H,3-11,17H2,1-2H3. The van der Waals surface area contributed by atoms with Crippen LogP contribution < -0.4 is 5.73 Å². The van der Waals surface area contributed by atoms with E-state index in [1.54, 1.807) is 0 Å². The number of carbonyl (C=O) groups excluding carboxylic acids is 1. The molecule has 0 bridgehead atoms. The number of carbonyl (C=O) groups is 1. The summed E-state index contributed by atoms with van der Waals surface area (Å²) in [6.45, 7) is 2.81. The van der Waals surface area contributed by atoms with E-state index < -0.39 is 0 Å². The molecule has 4 atom stereocenters. The minimum atomic E-state index is 0.185. The molecule has 0 spiro atoms. The van der Waals surface area contributed by atoms with Crippen molar-refractivity contribution >= 4 is 5.91 Å². The lowest BCUT2D eigenvalue weighted by molar-refractivity contribution is -0.136. The normalized spacial score (nSPS) is 32.5. The molecule has 0 aromatic rings. The molecule has 1 amide bonds. The van der Waals surface area contributed by atoms with E-state index in [2.05, 4.69) is 0 Å². The molecule has 2 fully saturated rings. The summed E-state index contributed by atoms with van der Waals surface area (Å²) in [5.41, 5.74) is 5.77. The van der Waals surface area contributed by atoms with E-state index in [-0.39, 0.29) is 12.0 Å². The van der Waals surface area contributed by atoms with E-state index in [9.17, 15) is 4.79 Å². The first-order valence-electron chi connectivity index (χ1n) is 8.08. The second kappa shape index (κ2) is 6.74. The van der Waals surface area contributed by atoms with Gasteiger partial charge in [-0.3, -0.25) is 4.79 Å². The van der Waals surface area contributed by atoms with Crippen molar-refractivity contribution < 1.29 is 4.79 Å². The third-order valence-electron chi connectivity index (χ3n) is 5.18. The van der Waals surface area contributed by atoms with Gasteiger partial charge in [-0.15, -0.1) is 0 Å². The molecule has 0 aromatic carbocycles. The van der Waals surface area contributed by atoms with Gasteiger partial charge in [-0.1, -0.05) is 25.7 Å². The zero-order valence-electron chi connectivity index (χ0n) is 12.6. The molecule has 2 rings (SSSR count). The number of nitrogens with zero attached hydrogens (tertiary/aromatic N) is 1. The van der Waals surface area contributed by atoms with Gasteiger partial charge in [-0.2, -0.15) is 0 Å². The molecule has 2 aliphatic carbocycles. The van der Waals surface area contributed by atoms with Crippen molar-refractivity contribution in [2.24, 2.45) is 23.5 Å². The molecule has 0 heterocycles. The van der Waals surface area contributed by atoms with E-state index >= 15 is 0 Å². The molecule has 2 saturated carbocycles. The maximum Gasteiger partial charge on any atom is 0.225 e. The van der Waals surface area contributed by atoms with E-state index in [4.69, 9.17) is 5.73 Å². The van der Waals surface area contributed by atoms with Gasteiger partial charge in [0.2, 0.25) is 5.91 Å². The molecule has 110 valence electrons. The van der Waals surface area contributed by atoms with E-state index in [1.807, 2.05) is 18.9 Å². The van der Waals surface area contributed by atoms with E-state index in [0.29, 0.717) is 5.91 Å². The summed E-state index contributed by atoms with van der Waals surface area (Å²) in [5, 5.41) is 0. The molecule has 3 nitrogen and oxygen atoms in total. The Balaban J connectivity index is 1.82. The van der Waals surface area contributed by atoms with Gasteiger partial charge in [-0.05, 0) is 44.4 Å². The Labute approximate surface area is 117 Å². The van der Waals surface area contributed by atoms with Crippen LogP contribution in [-0.2, 0) is 4.79 Å². The molecular formula is C16H30N2O. The van der Waals surface area contributed by atoms with Crippen molar-refractivity contribution in [2.75, 3.05) is 13.6 Å². The second-order valence-electron chi connectivity index (χ2n) is 6.84. The van der Waals surface area contributed by atoms with Crippen LogP contribution in [0.4, 0.5) is 0 Å². The van der Waals surface area contributed by atoms with Crippen molar-refractivity contribution in [3.63, 3.8) is 0 Å². The maximum absolute atomic E-state index is 12.5. The largest absolute Gasteiger partial charge is 0.345 e. The lowest BCUT2D eigenvalue weighted by Gasteiger charge is -2.39. The van der Waals surface area contributed by atoms with Gasteiger partial charge in [0.05, 0.1) is 0 Å². The second-order valence-corrected chi connectivity index (χ2v) is 6.84. The van der Waals surface area contributed by atoms with Crippen LogP contribution in [0.1, 0.15) is 58.3 Å². The van der Waals surface area contributed by atoms with Gasteiger partial charge in [0.15, 0.2) is 0 Å². The molecule has 3 heteroatoms. The highest BCUT2D eigenvalue weighted by Crippen LogP contribution is 2.43. The van der Waals surface area contributed by atoms with Crippen molar-refractivity contribution in [1.29, 1.82) is 0 Å². The van der Waals surface area contributed by atoms with Crippen LogP contribution >= 0.6 is 0 Å². The Kier molecular flexibility index (Phi) is 5.26. The summed E-state index contributed by atoms with van der Waals surface area (Å²) in [4.78, 5) is 14.4. The highest BCUT2D eigenvalue weighted by Gasteiger charge is 2.35. The average molecular weight is 266 g/mol. The number of hydrogen-bond acceptors (Lipinski definition) is 2. The number of nitrogens with two attached hydrogens (primary N) is 1. The minimum absolute atomic E-state index is 0.185. The molecular weight excluding hydrogens is 236 g/mol. The van der Waals surface area contributed by atoms with Crippen LogP contribution in [0.5, 0.6) is 0 Å². The molecule has 0 aliphatic heterocycles. The lowest BCUT2D eigenvalue weighted by atomic mass is 9.67. The van der Waals surface area contributed by atoms with E-state index in [0.717, 1.165) is 37.6 Å². The fourth-order valence-corrected chi connectivity index (χ4v) is 3.92. The Hall–Kier alpha value is -0.570. The van der Waals surface area contributed by atoms with Gasteiger partial charge in [-0.25, -0.2) is 0 Å². The van der Waals surface area contributed by atoms with Crippen molar-refractivity contribution in [2.45, 2.75) is 64.3 Å². The summed E-state index contributed by atoms with van der Waals surface area (Å²) in [5.74, 6) is 2.41. The van der Waals surface area contributed by atoms with Gasteiger partial charge in [0.1, 0.15) is 0 Å². The molecule has 0 saturated heterocycles. The monoisotopic (exact) mass is 266 g/mol. The molecule has 2 aliphatic rings. The number of hydrogen-bond donors (Lipinski definition) is 1. The Morgan fingerprint density at radius 1 is 1.21 bits per heavy atom. The third-order valence-corrected chi connectivity index (χ3v) is 5.18. The van der Waals surface area contributed by atoms with Crippen LogP contribution in [0, 0.1) is 17.8 Å². The first-order valence-corrected chi connectivity index (χ1v) is 8.08. The lowest BCUT2D eigenvalue weighted by Crippen LogP contribution is -2.39. The zero-order valence-corrected chi connectivity index (χ0v) is 12.6. The summed E-state index contributed by atoms with van der Waals surface area (Å²) in [7, 11) is 1.94. The SMILES string of the molecule is CC(N)CCN(C)C(=O)C1CCC2CCCCC2C1. The highest BCUT2D eigenvalue weighted by atomic mass is 16.2. The Morgan fingerprint density at radius 2 is 1.89 bits per heavy atom. The first-order chi connectivity index (χ1) is 9.08. The number of rotatable bonds is 4. The molecule has 2 N–H and O–H groups in total. The fraction of sp³-hybridized carbons (Fsp3) is 0.938. The molecule has 19 heavy (non-hydrogen) atoms. The van der Waals surface area contributed by atoms with Crippen LogP contribution in [0.25, 0.3) is 0 Å². The fourth-order valence-electron chi connectivity index (χ4n) is 3.92. The van der Waals surface area contributed by atoms with Crippen molar-refractivity contribution in [1.82, 2.24) is 4.90 Å². The van der Waals surface area contributed by atoms with Gasteiger partial charge < -0.3 is 10.6 Å². The summed E-state index contributed by atoms with van der Waals surface area (Å²) in [6.07, 6.45) is 10.00. The molecule has 0 aromatic heterocycles. The minimum Gasteiger partial charge on any atom is -0.345 e. The van der Waals surface area contributed by atoms with Crippen LogP contribution in [0.15, 0.2) is 0 Å². The van der Waals surface area contributed by atoms with Crippen LogP contribution in [-0.4, -0.2) is 30.4 Å². The third kappa shape index (κ3) is 3.95. The Morgan fingerprint density at radius 3 is 2.58 bits per heavy atom. The highest BCUT2D eigenvalue weighted by molar-refractivity contribution is 5.78. The predicted octanol–water partition coefficient (Wildman–Crippen LogP) is 2.79. The molecule has 4 unspecified atom stereocenters. The van der Waals surface area contributed by atoms with Crippen molar-refractivity contribution in [3.05, 3.63) is 0 Å². The maximum atomic E-state index is 12.5. The summed E-state index contributed by atoms with van der Waals surface area (Å²) in [6, 6.07) is 0.185. The van der Waals surface area contributed by atoms with E-state index in [1.165, 1.54) is 32.1 Å². The Bertz CT molecular complexity index is 303. The summed E-state index contributed by atoms with van der Waals surface area (Å²) >= 11 is 0. The van der Waals surface area contributed by atoms with Gasteiger partial charge in [0, 0.05) is 25.6 Å².